The van der Waals surface area contributed by atoms with Crippen LogP contribution in [0.4, 0.5) is 0 Å². The molecule has 2 fully saturated rings. The van der Waals surface area contributed by atoms with Gasteiger partial charge in [0.05, 0.1) is 12.0 Å². The Balaban J connectivity index is 1.98. The summed E-state index contributed by atoms with van der Waals surface area (Å²) in [7, 11) is -2.31. The van der Waals surface area contributed by atoms with E-state index in [0.29, 0.717) is 12.2 Å². The number of amides is 1. The van der Waals surface area contributed by atoms with Gasteiger partial charge in [-0.15, -0.1) is 0 Å². The first kappa shape index (κ1) is 16.2. The third kappa shape index (κ3) is 2.71. The number of carbonyl (C=O) groups excluding carboxylic acids is 1. The molecule has 126 valence electrons. The fourth-order valence-electron chi connectivity index (χ4n) is 3.76. The average Bonchev–Trinajstić information content (AvgIpc) is 3.14. The Morgan fingerprint density at radius 1 is 1.30 bits per heavy atom. The average molecular weight is 340 g/mol. The van der Waals surface area contributed by atoms with E-state index in [-0.39, 0.29) is 16.9 Å². The predicted molar refractivity (Wildman–Crippen MR) is 81.5 cm³/mol. The van der Waals surface area contributed by atoms with Crippen molar-refractivity contribution in [3.05, 3.63) is 24.3 Å². The number of hydrogen-bond donors (Lipinski definition) is 2. The topological polar surface area (TPSA) is 95.9 Å². The Morgan fingerprint density at radius 2 is 2.00 bits per heavy atom. The molecule has 1 saturated carbocycles. The smallest absolute Gasteiger partial charge is 0.261 e. The van der Waals surface area contributed by atoms with Crippen molar-refractivity contribution in [1.29, 1.82) is 0 Å². The lowest BCUT2D eigenvalue weighted by molar-refractivity contribution is -0.132. The van der Waals surface area contributed by atoms with Crippen molar-refractivity contribution in [2.75, 3.05) is 7.11 Å². The normalized spacial score (nSPS) is 27.7. The molecular formula is C15H20N2O5S. The highest BCUT2D eigenvalue weighted by molar-refractivity contribution is 7.89. The molecule has 0 aromatic heterocycles. The summed E-state index contributed by atoms with van der Waals surface area (Å²) in [6, 6.07) is 5.08. The van der Waals surface area contributed by atoms with Crippen LogP contribution in [-0.2, 0) is 14.8 Å². The lowest BCUT2D eigenvalue weighted by Gasteiger charge is -2.27. The molecule has 2 N–H and O–H groups in total. The number of benzene rings is 1. The summed E-state index contributed by atoms with van der Waals surface area (Å²) in [5.74, 6) is 0.0653. The summed E-state index contributed by atoms with van der Waals surface area (Å²) in [5.41, 5.74) is 1.60. The Kier molecular flexibility index (Phi) is 4.31. The molecule has 1 aliphatic carbocycles. The summed E-state index contributed by atoms with van der Waals surface area (Å²) in [6.07, 6.45) is 3.06. The number of nitrogens with one attached hydrogen (secondary N) is 1. The first-order valence-electron chi connectivity index (χ1n) is 7.60. The maximum atomic E-state index is 13.0. The fourth-order valence-corrected chi connectivity index (χ4v) is 5.64. The minimum Gasteiger partial charge on any atom is -0.497 e. The zero-order valence-electron chi connectivity index (χ0n) is 12.8. The van der Waals surface area contributed by atoms with Crippen LogP contribution < -0.4 is 10.2 Å². The maximum absolute atomic E-state index is 13.0. The van der Waals surface area contributed by atoms with Gasteiger partial charge in [-0.1, -0.05) is 6.42 Å². The van der Waals surface area contributed by atoms with Gasteiger partial charge in [-0.3, -0.25) is 10.0 Å². The number of nitrogens with zero attached hydrogens (tertiary/aromatic N) is 1. The second kappa shape index (κ2) is 6.10. The van der Waals surface area contributed by atoms with Crippen LogP contribution in [0, 0.1) is 5.92 Å². The molecule has 3 rings (SSSR count). The Hall–Kier alpha value is -1.64. The second-order valence-corrected chi connectivity index (χ2v) is 7.84. The molecule has 1 saturated heterocycles. The van der Waals surface area contributed by atoms with E-state index < -0.39 is 22.0 Å². The number of rotatable bonds is 4. The maximum Gasteiger partial charge on any atom is 0.261 e. The summed E-state index contributed by atoms with van der Waals surface area (Å²) in [4.78, 5) is 12.1. The standard InChI is InChI=1S/C15H20N2O5S/c1-22-11-5-7-12(8-6-11)23(20,21)17-13-4-2-3-10(13)9-14(17)15(18)16-19/h5-8,10,13-14,19H,2-4,9H2,1H3,(H,16,18). The summed E-state index contributed by atoms with van der Waals surface area (Å²) < 4.78 is 32.4. The molecule has 1 aromatic carbocycles. The van der Waals surface area contributed by atoms with Crippen LogP contribution in [0.25, 0.3) is 0 Å². The molecule has 1 heterocycles. The van der Waals surface area contributed by atoms with Crippen molar-refractivity contribution in [2.45, 2.75) is 42.7 Å². The Labute approximate surface area is 135 Å². The highest BCUT2D eigenvalue weighted by Crippen LogP contribution is 2.44. The van der Waals surface area contributed by atoms with Gasteiger partial charge >= 0.3 is 0 Å². The van der Waals surface area contributed by atoms with Crippen LogP contribution in [0.2, 0.25) is 0 Å². The third-order valence-electron chi connectivity index (χ3n) is 4.83. The zero-order valence-corrected chi connectivity index (χ0v) is 13.6. The molecule has 7 nitrogen and oxygen atoms in total. The number of hydroxylamine groups is 1. The monoisotopic (exact) mass is 340 g/mol. The van der Waals surface area contributed by atoms with Crippen LogP contribution in [0.15, 0.2) is 29.2 Å². The molecule has 0 spiro atoms. The van der Waals surface area contributed by atoms with Crippen LogP contribution in [0.3, 0.4) is 0 Å². The van der Waals surface area contributed by atoms with E-state index in [1.807, 2.05) is 0 Å². The second-order valence-electron chi connectivity index (χ2n) is 6.00. The molecule has 8 heteroatoms. The highest BCUT2D eigenvalue weighted by atomic mass is 32.2. The van der Waals surface area contributed by atoms with Crippen LogP contribution in [0.5, 0.6) is 5.75 Å². The molecule has 1 aliphatic heterocycles. The molecule has 1 amide bonds. The number of fused-ring (bicyclic) bond motifs is 1. The fraction of sp³-hybridized carbons (Fsp3) is 0.533. The lowest BCUT2D eigenvalue weighted by atomic mass is 10.0. The van der Waals surface area contributed by atoms with Gasteiger partial charge in [0.2, 0.25) is 10.0 Å². The van der Waals surface area contributed by atoms with Crippen molar-refractivity contribution < 1.29 is 23.2 Å². The number of methoxy groups -OCH3 is 1. The Bertz CT molecular complexity index is 688. The van der Waals surface area contributed by atoms with Crippen molar-refractivity contribution in [2.24, 2.45) is 5.92 Å². The van der Waals surface area contributed by atoms with Crippen molar-refractivity contribution in [3.63, 3.8) is 0 Å². The first-order chi connectivity index (χ1) is 11.0. The quantitative estimate of drug-likeness (QED) is 0.633. The zero-order chi connectivity index (χ0) is 16.6. The van der Waals surface area contributed by atoms with Gasteiger partial charge in [-0.2, -0.15) is 4.31 Å². The largest absolute Gasteiger partial charge is 0.497 e. The predicted octanol–water partition coefficient (Wildman–Crippen LogP) is 1.13. The van der Waals surface area contributed by atoms with Gasteiger partial charge in [-0.25, -0.2) is 13.9 Å². The van der Waals surface area contributed by atoms with E-state index in [2.05, 4.69) is 0 Å². The van der Waals surface area contributed by atoms with Gasteiger partial charge in [0, 0.05) is 6.04 Å². The molecule has 3 atom stereocenters. The van der Waals surface area contributed by atoms with Crippen molar-refractivity contribution in [3.8, 4) is 5.75 Å². The summed E-state index contributed by atoms with van der Waals surface area (Å²) in [6.45, 7) is 0. The van der Waals surface area contributed by atoms with Gasteiger partial charge in [0.25, 0.3) is 5.91 Å². The van der Waals surface area contributed by atoms with Gasteiger partial charge in [0.15, 0.2) is 0 Å². The SMILES string of the molecule is COc1ccc(S(=O)(=O)N2C(C(=O)NO)CC3CCCC32)cc1. The van der Waals surface area contributed by atoms with E-state index in [4.69, 9.17) is 9.94 Å². The molecule has 0 bridgehead atoms. The molecular weight excluding hydrogens is 320 g/mol. The number of hydrogen-bond acceptors (Lipinski definition) is 5. The minimum atomic E-state index is -3.82. The highest BCUT2D eigenvalue weighted by Gasteiger charge is 2.52. The van der Waals surface area contributed by atoms with E-state index in [9.17, 15) is 13.2 Å². The lowest BCUT2D eigenvalue weighted by Crippen LogP contribution is -2.48. The van der Waals surface area contributed by atoms with Crippen LogP contribution in [0.1, 0.15) is 25.7 Å². The van der Waals surface area contributed by atoms with Crippen molar-refractivity contribution in [1.82, 2.24) is 9.79 Å². The van der Waals surface area contributed by atoms with Gasteiger partial charge < -0.3 is 4.74 Å². The van der Waals surface area contributed by atoms with Gasteiger partial charge in [-0.05, 0) is 49.4 Å². The third-order valence-corrected chi connectivity index (χ3v) is 6.77. The van der Waals surface area contributed by atoms with E-state index in [0.717, 1.165) is 19.3 Å². The molecule has 1 aromatic rings. The van der Waals surface area contributed by atoms with Crippen LogP contribution in [-0.4, -0.2) is 43.0 Å². The molecule has 2 aliphatic rings. The number of sulfonamides is 1. The minimum absolute atomic E-state index is 0.126. The Morgan fingerprint density at radius 3 is 2.61 bits per heavy atom. The molecule has 0 radical (unpaired) electrons. The number of ether oxygens (including phenoxy) is 1. The van der Waals surface area contributed by atoms with Gasteiger partial charge in [0.1, 0.15) is 11.8 Å². The molecule has 3 unspecified atom stereocenters. The molecule has 23 heavy (non-hydrogen) atoms. The van der Waals surface area contributed by atoms with Crippen LogP contribution >= 0.6 is 0 Å². The van der Waals surface area contributed by atoms with E-state index in [1.165, 1.54) is 23.5 Å². The van der Waals surface area contributed by atoms with E-state index >= 15 is 0 Å². The summed E-state index contributed by atoms with van der Waals surface area (Å²) >= 11 is 0. The number of carbonyl (C=O) groups is 1. The first-order valence-corrected chi connectivity index (χ1v) is 9.04. The van der Waals surface area contributed by atoms with E-state index in [1.54, 1.807) is 17.6 Å². The van der Waals surface area contributed by atoms with Crippen molar-refractivity contribution >= 4 is 15.9 Å². The summed E-state index contributed by atoms with van der Waals surface area (Å²) in [5, 5.41) is 8.94.